The van der Waals surface area contributed by atoms with Gasteiger partial charge in [0.15, 0.2) is 0 Å². The third-order valence-corrected chi connectivity index (χ3v) is 3.29. The molecule has 5 heteroatoms. The fourth-order valence-electron chi connectivity index (χ4n) is 1.49. The van der Waals surface area contributed by atoms with Crippen LogP contribution in [-0.2, 0) is 4.79 Å². The molecule has 1 aromatic heterocycles. The second-order valence-electron chi connectivity index (χ2n) is 3.64. The fourth-order valence-corrected chi connectivity index (χ4v) is 2.37. The summed E-state index contributed by atoms with van der Waals surface area (Å²) in [7, 11) is 0. The van der Waals surface area contributed by atoms with E-state index in [1.165, 1.54) is 4.88 Å². The van der Waals surface area contributed by atoms with Crippen molar-refractivity contribution in [3.05, 3.63) is 22.4 Å². The summed E-state index contributed by atoms with van der Waals surface area (Å²) in [4.78, 5) is 11.6. The third-order valence-electron chi connectivity index (χ3n) is 2.30. The van der Waals surface area contributed by atoms with Crippen molar-refractivity contribution >= 4 is 17.3 Å². The van der Waals surface area contributed by atoms with Gasteiger partial charge >= 0.3 is 5.97 Å². The summed E-state index contributed by atoms with van der Waals surface area (Å²) in [6.07, 6.45) is -0.125. The Morgan fingerprint density at radius 2 is 2.38 bits per heavy atom. The number of carbonyl (C=O) groups is 1. The molecule has 0 aliphatic carbocycles. The molecular weight excluding hydrogens is 226 g/mol. The fraction of sp³-hybridized carbons (Fsp3) is 0.545. The maximum absolute atomic E-state index is 10.4. The molecule has 90 valence electrons. The quantitative estimate of drug-likeness (QED) is 0.680. The number of aliphatic carboxylic acids is 1. The summed E-state index contributed by atoms with van der Waals surface area (Å²) < 4.78 is 0. The molecule has 1 aromatic rings. The van der Waals surface area contributed by atoms with Crippen molar-refractivity contribution in [2.75, 3.05) is 6.54 Å². The monoisotopic (exact) mass is 243 g/mol. The zero-order chi connectivity index (χ0) is 12.0. The lowest BCUT2D eigenvalue weighted by atomic mass is 10.1. The Morgan fingerprint density at radius 3 is 2.88 bits per heavy atom. The molecule has 2 atom stereocenters. The first-order chi connectivity index (χ1) is 7.63. The molecule has 0 saturated carbocycles. The second-order valence-corrected chi connectivity index (χ2v) is 4.62. The molecule has 1 rings (SSSR count). The number of aliphatic hydroxyl groups is 1. The number of carboxylic acids is 1. The second kappa shape index (κ2) is 6.62. The van der Waals surface area contributed by atoms with E-state index in [2.05, 4.69) is 12.2 Å². The van der Waals surface area contributed by atoms with Crippen molar-refractivity contribution in [1.29, 1.82) is 0 Å². The Morgan fingerprint density at radius 1 is 1.62 bits per heavy atom. The summed E-state index contributed by atoms with van der Waals surface area (Å²) in [6, 6.07) is 4.22. The predicted octanol–water partition coefficient (Wildman–Crippen LogP) is 1.62. The molecule has 0 fully saturated rings. The third kappa shape index (κ3) is 4.30. The summed E-state index contributed by atoms with van der Waals surface area (Å²) >= 11 is 1.66. The van der Waals surface area contributed by atoms with E-state index in [4.69, 9.17) is 5.11 Å². The van der Waals surface area contributed by atoms with Crippen LogP contribution in [0.5, 0.6) is 0 Å². The summed E-state index contributed by atoms with van der Waals surface area (Å²) in [5, 5.41) is 23.1. The molecular formula is C11H17NO3S. The number of carboxylic acid groups (broad SMARTS) is 1. The zero-order valence-electron chi connectivity index (χ0n) is 9.22. The van der Waals surface area contributed by atoms with Gasteiger partial charge < -0.3 is 15.5 Å². The maximum Gasteiger partial charge on any atom is 0.306 e. The molecule has 2 unspecified atom stereocenters. The van der Waals surface area contributed by atoms with Gasteiger partial charge in [0.1, 0.15) is 0 Å². The SMILES string of the molecule is CCC(NCC(O)CC(=O)O)c1cccs1. The standard InChI is InChI=1S/C11H17NO3S/c1-2-9(10-4-3-5-16-10)12-7-8(13)6-11(14)15/h3-5,8-9,12-13H,2,6-7H2,1H3,(H,14,15). The molecule has 0 saturated heterocycles. The van der Waals surface area contributed by atoms with Crippen molar-refractivity contribution in [3.8, 4) is 0 Å². The largest absolute Gasteiger partial charge is 0.481 e. The number of hydrogen-bond donors (Lipinski definition) is 3. The van der Waals surface area contributed by atoms with E-state index in [9.17, 15) is 9.90 Å². The van der Waals surface area contributed by atoms with Crippen LogP contribution in [0.3, 0.4) is 0 Å². The van der Waals surface area contributed by atoms with Crippen molar-refractivity contribution in [1.82, 2.24) is 5.32 Å². The van der Waals surface area contributed by atoms with Crippen LogP contribution in [0.15, 0.2) is 17.5 Å². The minimum Gasteiger partial charge on any atom is -0.481 e. The normalized spacial score (nSPS) is 14.6. The van der Waals surface area contributed by atoms with Crippen LogP contribution in [0.25, 0.3) is 0 Å². The molecule has 0 amide bonds. The van der Waals surface area contributed by atoms with E-state index >= 15 is 0 Å². The first-order valence-corrected chi connectivity index (χ1v) is 6.18. The van der Waals surface area contributed by atoms with Crippen LogP contribution in [0.1, 0.15) is 30.7 Å². The smallest absolute Gasteiger partial charge is 0.306 e. The van der Waals surface area contributed by atoms with E-state index in [1.54, 1.807) is 11.3 Å². The van der Waals surface area contributed by atoms with Gasteiger partial charge in [0.2, 0.25) is 0 Å². The number of hydrogen-bond acceptors (Lipinski definition) is 4. The Labute approximate surface area is 98.9 Å². The Bertz CT molecular complexity index is 313. The highest BCUT2D eigenvalue weighted by Crippen LogP contribution is 2.21. The van der Waals surface area contributed by atoms with Gasteiger partial charge in [-0.1, -0.05) is 13.0 Å². The number of nitrogens with one attached hydrogen (secondary N) is 1. The van der Waals surface area contributed by atoms with Crippen LogP contribution in [0, 0.1) is 0 Å². The van der Waals surface area contributed by atoms with Crippen molar-refractivity contribution in [2.24, 2.45) is 0 Å². The molecule has 4 nitrogen and oxygen atoms in total. The van der Waals surface area contributed by atoms with E-state index in [-0.39, 0.29) is 12.5 Å². The molecule has 0 radical (unpaired) electrons. The van der Waals surface area contributed by atoms with Gasteiger partial charge in [-0.05, 0) is 17.9 Å². The van der Waals surface area contributed by atoms with Crippen LogP contribution >= 0.6 is 11.3 Å². The molecule has 3 N–H and O–H groups in total. The zero-order valence-corrected chi connectivity index (χ0v) is 10.0. The highest BCUT2D eigenvalue weighted by Gasteiger charge is 2.13. The highest BCUT2D eigenvalue weighted by molar-refractivity contribution is 7.10. The lowest BCUT2D eigenvalue weighted by molar-refractivity contribution is -0.139. The van der Waals surface area contributed by atoms with Crippen LogP contribution in [0.4, 0.5) is 0 Å². The lowest BCUT2D eigenvalue weighted by Gasteiger charge is -2.17. The molecule has 0 aliphatic heterocycles. The summed E-state index contributed by atoms with van der Waals surface area (Å²) in [5.41, 5.74) is 0. The Balaban J connectivity index is 2.37. The van der Waals surface area contributed by atoms with Gasteiger partial charge in [-0.15, -0.1) is 11.3 Å². The lowest BCUT2D eigenvalue weighted by Crippen LogP contribution is -2.31. The molecule has 16 heavy (non-hydrogen) atoms. The van der Waals surface area contributed by atoms with Crippen LogP contribution in [-0.4, -0.2) is 28.8 Å². The van der Waals surface area contributed by atoms with Crippen molar-refractivity contribution in [2.45, 2.75) is 31.9 Å². The minimum atomic E-state index is -0.974. The van der Waals surface area contributed by atoms with Crippen molar-refractivity contribution in [3.63, 3.8) is 0 Å². The van der Waals surface area contributed by atoms with Gasteiger partial charge in [-0.2, -0.15) is 0 Å². The topological polar surface area (TPSA) is 69.6 Å². The van der Waals surface area contributed by atoms with E-state index in [0.717, 1.165) is 6.42 Å². The molecule has 0 aromatic carbocycles. The molecule has 0 bridgehead atoms. The summed E-state index contributed by atoms with van der Waals surface area (Å²) in [6.45, 7) is 2.36. The van der Waals surface area contributed by atoms with E-state index < -0.39 is 12.1 Å². The minimum absolute atomic E-state index is 0.198. The number of aliphatic hydroxyl groups excluding tert-OH is 1. The van der Waals surface area contributed by atoms with Gasteiger partial charge in [0.05, 0.1) is 12.5 Å². The number of rotatable bonds is 7. The van der Waals surface area contributed by atoms with Gasteiger partial charge in [0, 0.05) is 17.5 Å². The summed E-state index contributed by atoms with van der Waals surface area (Å²) in [5.74, 6) is -0.974. The molecule has 0 aliphatic rings. The van der Waals surface area contributed by atoms with Gasteiger partial charge in [-0.3, -0.25) is 4.79 Å². The maximum atomic E-state index is 10.4. The van der Waals surface area contributed by atoms with Crippen LogP contribution < -0.4 is 5.32 Å². The van der Waals surface area contributed by atoms with Gasteiger partial charge in [-0.25, -0.2) is 0 Å². The predicted molar refractivity (Wildman–Crippen MR) is 63.6 cm³/mol. The van der Waals surface area contributed by atoms with Crippen molar-refractivity contribution < 1.29 is 15.0 Å². The Hall–Kier alpha value is -0.910. The first kappa shape index (κ1) is 13.2. The highest BCUT2D eigenvalue weighted by atomic mass is 32.1. The van der Waals surface area contributed by atoms with Gasteiger partial charge in [0.25, 0.3) is 0 Å². The van der Waals surface area contributed by atoms with Crippen LogP contribution in [0.2, 0.25) is 0 Å². The average molecular weight is 243 g/mol. The number of thiophene rings is 1. The average Bonchev–Trinajstić information content (AvgIpc) is 2.71. The van der Waals surface area contributed by atoms with E-state index in [0.29, 0.717) is 6.54 Å². The molecule has 1 heterocycles. The van der Waals surface area contributed by atoms with E-state index in [1.807, 2.05) is 17.5 Å². The Kier molecular flexibility index (Phi) is 5.45. The molecule has 0 spiro atoms. The first-order valence-electron chi connectivity index (χ1n) is 5.30.